The summed E-state index contributed by atoms with van der Waals surface area (Å²) in [5, 5.41) is 4.72. The maximum Gasteiger partial charge on any atom is 0.264 e. The Kier molecular flexibility index (Phi) is 8.60. The van der Waals surface area contributed by atoms with Crippen LogP contribution in [0.2, 0.25) is 5.02 Å². The summed E-state index contributed by atoms with van der Waals surface area (Å²) in [6, 6.07) is 19.1. The smallest absolute Gasteiger partial charge is 0.264 e. The van der Waals surface area contributed by atoms with Crippen molar-refractivity contribution in [2.75, 3.05) is 55.0 Å². The number of hydrogen-bond donors (Lipinski definition) is 1. The van der Waals surface area contributed by atoms with Crippen LogP contribution in [0.25, 0.3) is 10.2 Å². The average molecular weight is 598 g/mol. The summed E-state index contributed by atoms with van der Waals surface area (Å²) in [6.07, 6.45) is 0. The predicted octanol–water partition coefficient (Wildman–Crippen LogP) is 5.03. The van der Waals surface area contributed by atoms with E-state index in [2.05, 4.69) is 15.1 Å². The van der Waals surface area contributed by atoms with Crippen LogP contribution in [0.15, 0.2) is 71.6 Å². The molecular weight excluding hydrogens is 566 g/mol. The molecular formula is C29H32ClN5O3S2. The first-order valence-corrected chi connectivity index (χ1v) is 15.9. The lowest BCUT2D eigenvalue weighted by Gasteiger charge is -2.34. The lowest BCUT2D eigenvalue weighted by atomic mass is 10.2. The van der Waals surface area contributed by atoms with Crippen molar-refractivity contribution in [1.82, 2.24) is 15.2 Å². The highest BCUT2D eigenvalue weighted by molar-refractivity contribution is 7.92. The summed E-state index contributed by atoms with van der Waals surface area (Å²) in [7, 11) is -3.73. The van der Waals surface area contributed by atoms with E-state index in [1.54, 1.807) is 54.7 Å². The molecule has 40 heavy (non-hydrogen) atoms. The van der Waals surface area contributed by atoms with E-state index in [-0.39, 0.29) is 10.8 Å². The molecule has 0 spiro atoms. The van der Waals surface area contributed by atoms with Gasteiger partial charge in [0.15, 0.2) is 5.13 Å². The van der Waals surface area contributed by atoms with Gasteiger partial charge in [0.2, 0.25) is 0 Å². The summed E-state index contributed by atoms with van der Waals surface area (Å²) in [5.41, 5.74) is 3.02. The predicted molar refractivity (Wildman–Crippen MR) is 163 cm³/mol. The number of nitrogens with one attached hydrogen (secondary N) is 1. The second kappa shape index (κ2) is 12.1. The van der Waals surface area contributed by atoms with E-state index in [1.807, 2.05) is 25.1 Å². The third kappa shape index (κ3) is 5.95. The standard InChI is InChI=1S/C29H32ClN5O3S2/c1-3-35(23-7-5-4-6-8-23)40(37,38)24-11-9-22(10-12-24)28(36)31-15-16-33-17-19-34(20-18-33)29-32-27-21(2)25(30)13-14-26(27)39-29/h4-14H,3,15-20H2,1-2H3,(H,31,36). The maximum absolute atomic E-state index is 13.2. The van der Waals surface area contributed by atoms with Gasteiger partial charge in [-0.15, -0.1) is 0 Å². The molecule has 0 unspecified atom stereocenters. The molecule has 11 heteroatoms. The van der Waals surface area contributed by atoms with Gasteiger partial charge in [0.05, 0.1) is 20.8 Å². The number of amides is 1. The van der Waals surface area contributed by atoms with E-state index in [1.165, 1.54) is 16.4 Å². The van der Waals surface area contributed by atoms with Crippen LogP contribution in [0, 0.1) is 6.92 Å². The minimum atomic E-state index is -3.73. The van der Waals surface area contributed by atoms with Crippen LogP contribution in [0.5, 0.6) is 0 Å². The Bertz CT molecular complexity index is 1590. The van der Waals surface area contributed by atoms with Crippen molar-refractivity contribution in [3.63, 3.8) is 0 Å². The van der Waals surface area contributed by atoms with Gasteiger partial charge in [-0.3, -0.25) is 14.0 Å². The van der Waals surface area contributed by atoms with Gasteiger partial charge in [0.25, 0.3) is 15.9 Å². The molecule has 1 aliphatic rings. The van der Waals surface area contributed by atoms with E-state index in [9.17, 15) is 13.2 Å². The molecule has 8 nitrogen and oxygen atoms in total. The van der Waals surface area contributed by atoms with Gasteiger partial charge >= 0.3 is 0 Å². The summed E-state index contributed by atoms with van der Waals surface area (Å²) in [4.78, 5) is 22.3. The van der Waals surface area contributed by atoms with Crippen LogP contribution in [0.4, 0.5) is 10.8 Å². The van der Waals surface area contributed by atoms with Crippen molar-refractivity contribution in [3.05, 3.63) is 82.9 Å². The molecule has 1 fully saturated rings. The fourth-order valence-corrected chi connectivity index (χ4v) is 7.51. The first-order valence-electron chi connectivity index (χ1n) is 13.3. The van der Waals surface area contributed by atoms with E-state index < -0.39 is 10.0 Å². The maximum atomic E-state index is 13.2. The molecule has 0 radical (unpaired) electrons. The second-order valence-electron chi connectivity index (χ2n) is 9.63. The molecule has 1 aliphatic heterocycles. The van der Waals surface area contributed by atoms with Gasteiger partial charge < -0.3 is 10.2 Å². The van der Waals surface area contributed by atoms with E-state index >= 15 is 0 Å². The minimum Gasteiger partial charge on any atom is -0.351 e. The number of para-hydroxylation sites is 1. The summed E-state index contributed by atoms with van der Waals surface area (Å²) >= 11 is 7.95. The highest BCUT2D eigenvalue weighted by Crippen LogP contribution is 2.33. The van der Waals surface area contributed by atoms with E-state index in [4.69, 9.17) is 16.6 Å². The highest BCUT2D eigenvalue weighted by atomic mass is 35.5. The second-order valence-corrected chi connectivity index (χ2v) is 12.9. The molecule has 2 heterocycles. The number of hydrogen-bond acceptors (Lipinski definition) is 7. The number of carbonyl (C=O) groups is 1. The van der Waals surface area contributed by atoms with Gasteiger partial charge in [0.1, 0.15) is 0 Å². The number of carbonyl (C=O) groups excluding carboxylic acids is 1. The van der Waals surface area contributed by atoms with Crippen molar-refractivity contribution >= 4 is 59.9 Å². The zero-order valence-corrected chi connectivity index (χ0v) is 24.9. The number of benzene rings is 3. The molecule has 0 bridgehead atoms. The normalized spacial score (nSPS) is 14.4. The molecule has 0 saturated carbocycles. The first-order chi connectivity index (χ1) is 19.3. The van der Waals surface area contributed by atoms with Gasteiger partial charge in [-0.25, -0.2) is 13.4 Å². The number of thiazole rings is 1. The fraction of sp³-hybridized carbons (Fsp3) is 0.310. The van der Waals surface area contributed by atoms with Gasteiger partial charge in [-0.1, -0.05) is 41.1 Å². The molecule has 0 aliphatic carbocycles. The molecule has 1 amide bonds. The van der Waals surface area contributed by atoms with Gasteiger partial charge in [-0.05, 0) is 67.9 Å². The lowest BCUT2D eigenvalue weighted by molar-refractivity contribution is 0.0947. The Morgan fingerprint density at radius 3 is 2.40 bits per heavy atom. The summed E-state index contributed by atoms with van der Waals surface area (Å²) in [6.45, 7) is 8.85. The van der Waals surface area contributed by atoms with Crippen LogP contribution in [-0.4, -0.2) is 70.0 Å². The number of nitrogens with zero attached hydrogens (tertiary/aromatic N) is 4. The summed E-state index contributed by atoms with van der Waals surface area (Å²) < 4.78 is 28.9. The fourth-order valence-electron chi connectivity index (χ4n) is 4.81. The Morgan fingerprint density at radius 2 is 1.73 bits per heavy atom. The molecule has 210 valence electrons. The lowest BCUT2D eigenvalue weighted by Crippen LogP contribution is -2.48. The van der Waals surface area contributed by atoms with E-state index in [0.29, 0.717) is 24.3 Å². The minimum absolute atomic E-state index is 0.152. The van der Waals surface area contributed by atoms with Crippen molar-refractivity contribution in [2.24, 2.45) is 0 Å². The van der Waals surface area contributed by atoms with Crippen molar-refractivity contribution in [2.45, 2.75) is 18.7 Å². The monoisotopic (exact) mass is 597 g/mol. The third-order valence-electron chi connectivity index (χ3n) is 7.13. The zero-order valence-electron chi connectivity index (χ0n) is 22.5. The van der Waals surface area contributed by atoms with Crippen molar-refractivity contribution in [3.8, 4) is 0 Å². The Balaban J connectivity index is 1.11. The molecule has 4 aromatic rings. The van der Waals surface area contributed by atoms with Crippen LogP contribution >= 0.6 is 22.9 Å². The third-order valence-corrected chi connectivity index (χ3v) is 10.5. The number of anilines is 2. The Labute approximate surface area is 244 Å². The Hall–Kier alpha value is -3.18. The first kappa shape index (κ1) is 28.4. The molecule has 5 rings (SSSR count). The molecule has 1 aromatic heterocycles. The van der Waals surface area contributed by atoms with Crippen LogP contribution in [0.3, 0.4) is 0 Å². The topological polar surface area (TPSA) is 85.8 Å². The van der Waals surface area contributed by atoms with Crippen LogP contribution < -0.4 is 14.5 Å². The number of rotatable bonds is 9. The molecule has 1 saturated heterocycles. The average Bonchev–Trinajstić information content (AvgIpc) is 3.41. The zero-order chi connectivity index (χ0) is 28.3. The SMILES string of the molecule is CCN(c1ccccc1)S(=O)(=O)c1ccc(C(=O)NCCN2CCN(c3nc4c(C)c(Cl)ccc4s3)CC2)cc1. The largest absolute Gasteiger partial charge is 0.351 e. The van der Waals surface area contributed by atoms with Crippen molar-refractivity contribution in [1.29, 1.82) is 0 Å². The molecule has 0 atom stereocenters. The quantitative estimate of drug-likeness (QED) is 0.291. The highest BCUT2D eigenvalue weighted by Gasteiger charge is 2.24. The number of aromatic nitrogens is 1. The molecule has 1 N–H and O–H groups in total. The number of halogens is 1. The summed E-state index contributed by atoms with van der Waals surface area (Å²) in [5.74, 6) is -0.221. The number of piperazine rings is 1. The number of fused-ring (bicyclic) bond motifs is 1. The van der Waals surface area contributed by atoms with Gasteiger partial charge in [-0.2, -0.15) is 0 Å². The van der Waals surface area contributed by atoms with E-state index in [0.717, 1.165) is 58.7 Å². The number of sulfonamides is 1. The van der Waals surface area contributed by atoms with Gasteiger partial charge in [0, 0.05) is 56.4 Å². The van der Waals surface area contributed by atoms with Crippen LogP contribution in [0.1, 0.15) is 22.8 Å². The Morgan fingerprint density at radius 1 is 1.02 bits per heavy atom. The van der Waals surface area contributed by atoms with Crippen molar-refractivity contribution < 1.29 is 13.2 Å². The molecule has 3 aromatic carbocycles. The van der Waals surface area contributed by atoms with Crippen LogP contribution in [-0.2, 0) is 10.0 Å². The number of aryl methyl sites for hydroxylation is 1.